The van der Waals surface area contributed by atoms with Gasteiger partial charge in [0.1, 0.15) is 0 Å². The van der Waals surface area contributed by atoms with Gasteiger partial charge in [-0.25, -0.2) is 0 Å². The van der Waals surface area contributed by atoms with Crippen molar-refractivity contribution in [3.8, 4) is 0 Å². The maximum absolute atomic E-state index is 6.90. The first kappa shape index (κ1) is 13.8. The molecule has 1 saturated carbocycles. The normalized spacial score (nSPS) is 49.7. The van der Waals surface area contributed by atoms with E-state index in [0.717, 1.165) is 19.1 Å². The second-order valence-electron chi connectivity index (χ2n) is 7.92. The summed E-state index contributed by atoms with van der Waals surface area (Å²) in [6, 6.07) is 0.690. The maximum atomic E-state index is 6.90. The molecular weight excluding hydrogens is 236 g/mol. The van der Waals surface area contributed by atoms with Gasteiger partial charge in [-0.2, -0.15) is 0 Å². The SMILES string of the molecule is CC1CC(C)N(CC2(N)C3CCCOC3C2(C)C)C1. The minimum Gasteiger partial charge on any atom is -0.377 e. The van der Waals surface area contributed by atoms with Gasteiger partial charge >= 0.3 is 0 Å². The van der Waals surface area contributed by atoms with E-state index < -0.39 is 0 Å². The van der Waals surface area contributed by atoms with Crippen LogP contribution in [0.15, 0.2) is 0 Å². The van der Waals surface area contributed by atoms with Crippen molar-refractivity contribution in [3.05, 3.63) is 0 Å². The Hall–Kier alpha value is -0.120. The molecule has 19 heavy (non-hydrogen) atoms. The summed E-state index contributed by atoms with van der Waals surface area (Å²) in [7, 11) is 0. The number of nitrogens with two attached hydrogens (primary N) is 1. The van der Waals surface area contributed by atoms with Crippen molar-refractivity contribution in [1.82, 2.24) is 4.90 Å². The van der Waals surface area contributed by atoms with Gasteiger partial charge in [0.2, 0.25) is 0 Å². The first-order valence-corrected chi connectivity index (χ1v) is 8.01. The molecule has 5 unspecified atom stereocenters. The Bertz CT molecular complexity index is 357. The molecule has 0 bridgehead atoms. The predicted octanol–water partition coefficient (Wildman–Crippen LogP) is 2.25. The number of rotatable bonds is 2. The lowest BCUT2D eigenvalue weighted by atomic mass is 9.46. The van der Waals surface area contributed by atoms with Crippen molar-refractivity contribution in [2.45, 2.75) is 64.6 Å². The highest BCUT2D eigenvalue weighted by atomic mass is 16.5. The van der Waals surface area contributed by atoms with E-state index in [4.69, 9.17) is 10.5 Å². The third-order valence-electron chi connectivity index (χ3n) is 6.27. The van der Waals surface area contributed by atoms with Crippen molar-refractivity contribution < 1.29 is 4.74 Å². The van der Waals surface area contributed by atoms with Gasteiger partial charge in [0.25, 0.3) is 0 Å². The van der Waals surface area contributed by atoms with Gasteiger partial charge in [-0.3, -0.25) is 4.90 Å². The average molecular weight is 266 g/mol. The second kappa shape index (κ2) is 4.44. The molecule has 3 fully saturated rings. The van der Waals surface area contributed by atoms with E-state index in [1.54, 1.807) is 0 Å². The number of likely N-dealkylation sites (tertiary alicyclic amines) is 1. The minimum absolute atomic E-state index is 0.0591. The zero-order chi connectivity index (χ0) is 13.8. The first-order chi connectivity index (χ1) is 8.86. The average Bonchev–Trinajstić information content (AvgIpc) is 2.67. The zero-order valence-electron chi connectivity index (χ0n) is 13.0. The summed E-state index contributed by atoms with van der Waals surface area (Å²) in [6.45, 7) is 12.5. The van der Waals surface area contributed by atoms with Crippen LogP contribution in [-0.4, -0.2) is 42.3 Å². The third-order valence-corrected chi connectivity index (χ3v) is 6.27. The molecule has 2 aliphatic heterocycles. The number of ether oxygens (including phenoxy) is 1. The van der Waals surface area contributed by atoms with Crippen molar-refractivity contribution in [2.24, 2.45) is 23.0 Å². The Labute approximate surface area is 117 Å². The van der Waals surface area contributed by atoms with Gasteiger partial charge in [0.05, 0.1) is 6.10 Å². The Morgan fingerprint density at radius 1 is 1.32 bits per heavy atom. The van der Waals surface area contributed by atoms with Gasteiger partial charge in [-0.05, 0) is 32.1 Å². The highest BCUT2D eigenvalue weighted by molar-refractivity contribution is 5.21. The lowest BCUT2D eigenvalue weighted by molar-refractivity contribution is -0.232. The topological polar surface area (TPSA) is 38.5 Å². The van der Waals surface area contributed by atoms with E-state index in [1.807, 2.05) is 0 Å². The standard InChI is InChI=1S/C16H30N2O/c1-11-8-12(2)18(9-11)10-16(17)13-6-5-7-19-14(13)15(16,3)4/h11-14H,5-10,17H2,1-4H3. The third kappa shape index (κ3) is 1.89. The zero-order valence-corrected chi connectivity index (χ0v) is 13.0. The Kier molecular flexibility index (Phi) is 3.23. The Morgan fingerprint density at radius 2 is 2.05 bits per heavy atom. The number of hydrogen-bond donors (Lipinski definition) is 1. The molecule has 3 rings (SSSR count). The van der Waals surface area contributed by atoms with Gasteiger partial charge in [0, 0.05) is 42.6 Å². The molecule has 0 aromatic rings. The fraction of sp³-hybridized carbons (Fsp3) is 1.00. The molecule has 2 N–H and O–H groups in total. The van der Waals surface area contributed by atoms with Crippen LogP contribution in [0.4, 0.5) is 0 Å². The van der Waals surface area contributed by atoms with Crippen LogP contribution >= 0.6 is 0 Å². The summed E-state index contributed by atoms with van der Waals surface area (Å²) in [5, 5.41) is 0. The summed E-state index contributed by atoms with van der Waals surface area (Å²) >= 11 is 0. The van der Waals surface area contributed by atoms with Crippen LogP contribution in [-0.2, 0) is 4.74 Å². The van der Waals surface area contributed by atoms with E-state index in [9.17, 15) is 0 Å². The predicted molar refractivity (Wildman–Crippen MR) is 78.0 cm³/mol. The maximum Gasteiger partial charge on any atom is 0.0690 e. The molecule has 0 aromatic carbocycles. The molecule has 110 valence electrons. The summed E-state index contributed by atoms with van der Waals surface area (Å²) in [5.74, 6) is 1.39. The fourth-order valence-corrected chi connectivity index (χ4v) is 4.93. The Balaban J connectivity index is 1.75. The van der Waals surface area contributed by atoms with Crippen LogP contribution in [0.1, 0.15) is 47.0 Å². The Morgan fingerprint density at radius 3 is 2.68 bits per heavy atom. The van der Waals surface area contributed by atoms with E-state index >= 15 is 0 Å². The summed E-state index contributed by atoms with van der Waals surface area (Å²) < 4.78 is 6.00. The summed E-state index contributed by atoms with van der Waals surface area (Å²) in [5.41, 5.74) is 6.96. The minimum atomic E-state index is -0.0591. The lowest BCUT2D eigenvalue weighted by Gasteiger charge is -2.67. The van der Waals surface area contributed by atoms with Gasteiger partial charge in [-0.15, -0.1) is 0 Å². The van der Waals surface area contributed by atoms with Crippen molar-refractivity contribution in [1.29, 1.82) is 0 Å². The first-order valence-electron chi connectivity index (χ1n) is 8.01. The molecule has 1 aliphatic carbocycles. The molecule has 3 heteroatoms. The molecule has 0 spiro atoms. The van der Waals surface area contributed by atoms with Crippen molar-refractivity contribution >= 4 is 0 Å². The van der Waals surface area contributed by atoms with Crippen molar-refractivity contribution in [3.63, 3.8) is 0 Å². The molecule has 0 amide bonds. The summed E-state index contributed by atoms with van der Waals surface area (Å²) in [4.78, 5) is 2.62. The highest BCUT2D eigenvalue weighted by Crippen LogP contribution is 2.57. The number of hydrogen-bond acceptors (Lipinski definition) is 3. The molecule has 0 aromatic heterocycles. The van der Waals surface area contributed by atoms with Gasteiger partial charge in [-0.1, -0.05) is 20.8 Å². The van der Waals surface area contributed by atoms with Gasteiger partial charge < -0.3 is 10.5 Å². The van der Waals surface area contributed by atoms with Crippen LogP contribution in [0, 0.1) is 17.3 Å². The molecule has 3 nitrogen and oxygen atoms in total. The van der Waals surface area contributed by atoms with Crippen LogP contribution in [0.2, 0.25) is 0 Å². The fourth-order valence-electron chi connectivity index (χ4n) is 4.93. The molecular formula is C16H30N2O. The molecule has 3 aliphatic rings. The largest absolute Gasteiger partial charge is 0.377 e. The molecule has 5 atom stereocenters. The monoisotopic (exact) mass is 266 g/mol. The van der Waals surface area contributed by atoms with Gasteiger partial charge in [0.15, 0.2) is 0 Å². The van der Waals surface area contributed by atoms with E-state index in [-0.39, 0.29) is 11.0 Å². The molecule has 0 radical (unpaired) electrons. The van der Waals surface area contributed by atoms with Crippen LogP contribution in [0.25, 0.3) is 0 Å². The highest BCUT2D eigenvalue weighted by Gasteiger charge is 2.66. The second-order valence-corrected chi connectivity index (χ2v) is 7.92. The smallest absolute Gasteiger partial charge is 0.0690 e. The van der Waals surface area contributed by atoms with E-state index in [1.165, 1.54) is 25.8 Å². The van der Waals surface area contributed by atoms with Crippen LogP contribution in [0.3, 0.4) is 0 Å². The summed E-state index contributed by atoms with van der Waals surface area (Å²) in [6.07, 6.45) is 4.15. The number of fused-ring (bicyclic) bond motifs is 1. The molecule has 2 saturated heterocycles. The van der Waals surface area contributed by atoms with Crippen molar-refractivity contribution in [2.75, 3.05) is 19.7 Å². The van der Waals surface area contributed by atoms with Crippen LogP contribution < -0.4 is 5.73 Å². The quantitative estimate of drug-likeness (QED) is 0.833. The van der Waals surface area contributed by atoms with Crippen LogP contribution in [0.5, 0.6) is 0 Å². The lowest BCUT2D eigenvalue weighted by Crippen LogP contribution is -2.80. The molecule has 2 heterocycles. The van der Waals surface area contributed by atoms with E-state index in [0.29, 0.717) is 18.1 Å². The number of nitrogens with zero attached hydrogens (tertiary/aromatic N) is 1. The van der Waals surface area contributed by atoms with E-state index in [2.05, 4.69) is 32.6 Å².